The van der Waals surface area contributed by atoms with E-state index in [1.807, 2.05) is 0 Å². The zero-order chi connectivity index (χ0) is 23.1. The largest absolute Gasteiger partial charge is 0.416 e. The quantitative estimate of drug-likeness (QED) is 0.505. The number of carbonyl (C=O) groups excluding carboxylic acids is 2. The highest BCUT2D eigenvalue weighted by molar-refractivity contribution is 6.02. The average Bonchev–Trinajstić information content (AvgIpc) is 2.76. The molecule has 0 heterocycles. The first-order valence-corrected chi connectivity index (χ1v) is 9.58. The van der Waals surface area contributed by atoms with Crippen LogP contribution in [0.25, 0.3) is 0 Å². The van der Waals surface area contributed by atoms with Crippen molar-refractivity contribution >= 4 is 23.3 Å². The fraction of sp³-hybridized carbons (Fsp3) is 0.130. The summed E-state index contributed by atoms with van der Waals surface area (Å²) in [4.78, 5) is 26.1. The van der Waals surface area contributed by atoms with Gasteiger partial charge in [-0.05, 0) is 48.5 Å². The molecule has 32 heavy (non-hydrogen) atoms. The van der Waals surface area contributed by atoms with Crippen LogP contribution >= 0.6 is 0 Å². The minimum absolute atomic E-state index is 0.00765. The van der Waals surface area contributed by atoms with E-state index in [0.29, 0.717) is 5.69 Å². The number of urea groups is 1. The molecular formula is C23H19F4N3O2. The van der Waals surface area contributed by atoms with Gasteiger partial charge in [-0.15, -0.1) is 0 Å². The van der Waals surface area contributed by atoms with Crippen LogP contribution in [0.15, 0.2) is 78.9 Å². The standard InChI is InChI=1S/C23H19F4N3O2/c24-18-8-4-6-16(14-18)21(31)28-12-13-30(22(32)29-19-9-2-1-3-10-19)20-11-5-7-17(15-20)23(25,26)27/h1-11,14-15H,12-13H2,(H,28,31)(H,29,32). The molecule has 0 aliphatic rings. The van der Waals surface area contributed by atoms with Crippen LogP contribution < -0.4 is 15.5 Å². The van der Waals surface area contributed by atoms with E-state index in [0.717, 1.165) is 23.1 Å². The van der Waals surface area contributed by atoms with Crippen molar-refractivity contribution in [1.82, 2.24) is 5.32 Å². The lowest BCUT2D eigenvalue weighted by atomic mass is 10.2. The number of hydrogen-bond acceptors (Lipinski definition) is 2. The Labute approximate surface area is 181 Å². The van der Waals surface area contributed by atoms with Crippen LogP contribution in [0.2, 0.25) is 0 Å². The molecule has 2 N–H and O–H groups in total. The van der Waals surface area contributed by atoms with Crippen molar-refractivity contribution in [3.8, 4) is 0 Å². The Morgan fingerprint density at radius 1 is 0.875 bits per heavy atom. The van der Waals surface area contributed by atoms with E-state index in [9.17, 15) is 27.2 Å². The van der Waals surface area contributed by atoms with E-state index in [1.165, 1.54) is 30.3 Å². The van der Waals surface area contributed by atoms with Crippen LogP contribution in [0, 0.1) is 5.82 Å². The van der Waals surface area contributed by atoms with Crippen molar-refractivity contribution in [2.24, 2.45) is 0 Å². The molecule has 3 aromatic carbocycles. The zero-order valence-corrected chi connectivity index (χ0v) is 16.7. The van der Waals surface area contributed by atoms with Gasteiger partial charge >= 0.3 is 12.2 Å². The fourth-order valence-electron chi connectivity index (χ4n) is 2.92. The maximum Gasteiger partial charge on any atom is 0.416 e. The Kier molecular flexibility index (Phi) is 7.09. The van der Waals surface area contributed by atoms with Crippen LogP contribution in [0.3, 0.4) is 0 Å². The topological polar surface area (TPSA) is 61.4 Å². The summed E-state index contributed by atoms with van der Waals surface area (Å²) in [5.74, 6) is -1.15. The molecule has 166 valence electrons. The predicted molar refractivity (Wildman–Crippen MR) is 113 cm³/mol. The second-order valence-corrected chi connectivity index (χ2v) is 6.76. The van der Waals surface area contributed by atoms with Gasteiger partial charge in [-0.2, -0.15) is 13.2 Å². The first kappa shape index (κ1) is 22.8. The molecule has 3 aromatic rings. The molecule has 5 nitrogen and oxygen atoms in total. The Hall–Kier alpha value is -3.88. The molecule has 3 rings (SSSR count). The maximum atomic E-state index is 13.3. The summed E-state index contributed by atoms with van der Waals surface area (Å²) < 4.78 is 52.8. The molecule has 0 radical (unpaired) electrons. The Balaban J connectivity index is 1.77. The third-order valence-corrected chi connectivity index (χ3v) is 4.46. The minimum Gasteiger partial charge on any atom is -0.350 e. The summed E-state index contributed by atoms with van der Waals surface area (Å²) in [6, 6.07) is 17.1. The molecule has 0 aromatic heterocycles. The minimum atomic E-state index is -4.58. The van der Waals surface area contributed by atoms with Crippen molar-refractivity contribution in [2.75, 3.05) is 23.3 Å². The normalized spacial score (nSPS) is 11.0. The van der Waals surface area contributed by atoms with Crippen molar-refractivity contribution in [3.05, 3.63) is 95.8 Å². The van der Waals surface area contributed by atoms with Gasteiger partial charge in [0.15, 0.2) is 0 Å². The number of nitrogens with zero attached hydrogens (tertiary/aromatic N) is 1. The number of carbonyl (C=O) groups is 2. The molecule has 0 spiro atoms. The van der Waals surface area contributed by atoms with Crippen molar-refractivity contribution in [2.45, 2.75) is 6.18 Å². The number of hydrogen-bond donors (Lipinski definition) is 2. The van der Waals surface area contributed by atoms with Gasteiger partial charge in [0.25, 0.3) is 5.91 Å². The lowest BCUT2D eigenvalue weighted by molar-refractivity contribution is -0.137. The van der Waals surface area contributed by atoms with Gasteiger partial charge in [0.05, 0.1) is 5.56 Å². The second-order valence-electron chi connectivity index (χ2n) is 6.76. The van der Waals surface area contributed by atoms with Gasteiger partial charge < -0.3 is 10.6 Å². The van der Waals surface area contributed by atoms with E-state index in [2.05, 4.69) is 10.6 Å². The van der Waals surface area contributed by atoms with Crippen LogP contribution in [0.4, 0.5) is 33.7 Å². The first-order chi connectivity index (χ1) is 15.2. The summed E-state index contributed by atoms with van der Waals surface area (Å²) >= 11 is 0. The number of anilines is 2. The highest BCUT2D eigenvalue weighted by Crippen LogP contribution is 2.31. The third kappa shape index (κ3) is 6.07. The molecule has 0 saturated carbocycles. The van der Waals surface area contributed by atoms with Crippen molar-refractivity contribution < 1.29 is 27.2 Å². The van der Waals surface area contributed by atoms with E-state index < -0.39 is 29.5 Å². The van der Waals surface area contributed by atoms with E-state index in [-0.39, 0.29) is 24.3 Å². The van der Waals surface area contributed by atoms with Gasteiger partial charge in [-0.1, -0.05) is 30.3 Å². The molecule has 0 fully saturated rings. The van der Waals surface area contributed by atoms with Crippen molar-refractivity contribution in [3.63, 3.8) is 0 Å². The van der Waals surface area contributed by atoms with E-state index in [1.54, 1.807) is 30.3 Å². The Bertz CT molecular complexity index is 1090. The second kappa shape index (κ2) is 9.95. The van der Waals surface area contributed by atoms with Gasteiger partial charge in [0.1, 0.15) is 5.82 Å². The lowest BCUT2D eigenvalue weighted by Crippen LogP contribution is -2.41. The van der Waals surface area contributed by atoms with Gasteiger partial charge in [0, 0.05) is 30.0 Å². The molecule has 0 aliphatic carbocycles. The highest BCUT2D eigenvalue weighted by Gasteiger charge is 2.31. The number of amides is 3. The molecule has 0 bridgehead atoms. The van der Waals surface area contributed by atoms with E-state index >= 15 is 0 Å². The molecule has 0 aliphatic heterocycles. The highest BCUT2D eigenvalue weighted by atomic mass is 19.4. The van der Waals surface area contributed by atoms with Crippen LogP contribution in [0.5, 0.6) is 0 Å². The third-order valence-electron chi connectivity index (χ3n) is 4.46. The monoisotopic (exact) mass is 445 g/mol. The van der Waals surface area contributed by atoms with Crippen LogP contribution in [-0.2, 0) is 6.18 Å². The number of benzene rings is 3. The summed E-state index contributed by atoms with van der Waals surface area (Å²) in [7, 11) is 0. The first-order valence-electron chi connectivity index (χ1n) is 9.58. The predicted octanol–water partition coefficient (Wildman–Crippen LogP) is 5.31. The molecule has 0 unspecified atom stereocenters. The van der Waals surface area contributed by atoms with Crippen LogP contribution in [-0.4, -0.2) is 25.0 Å². The molecule has 9 heteroatoms. The molecule has 3 amide bonds. The molecule has 0 saturated heterocycles. The van der Waals surface area contributed by atoms with E-state index in [4.69, 9.17) is 0 Å². The SMILES string of the molecule is O=C(NCCN(C(=O)Nc1ccccc1)c1cccc(C(F)(F)F)c1)c1cccc(F)c1. The van der Waals surface area contributed by atoms with Crippen molar-refractivity contribution in [1.29, 1.82) is 0 Å². The van der Waals surface area contributed by atoms with Gasteiger partial charge in [-0.25, -0.2) is 9.18 Å². The average molecular weight is 445 g/mol. The molecule has 0 atom stereocenters. The fourth-order valence-corrected chi connectivity index (χ4v) is 2.92. The Morgan fingerprint density at radius 2 is 1.59 bits per heavy atom. The Morgan fingerprint density at radius 3 is 2.28 bits per heavy atom. The summed E-state index contributed by atoms with van der Waals surface area (Å²) in [5.41, 5.74) is -0.354. The summed E-state index contributed by atoms with van der Waals surface area (Å²) in [6.07, 6.45) is -4.58. The van der Waals surface area contributed by atoms with Crippen LogP contribution in [0.1, 0.15) is 15.9 Å². The summed E-state index contributed by atoms with van der Waals surface area (Å²) in [6.45, 7) is -0.200. The number of para-hydroxylation sites is 1. The number of rotatable bonds is 6. The smallest absolute Gasteiger partial charge is 0.350 e. The maximum absolute atomic E-state index is 13.3. The number of nitrogens with one attached hydrogen (secondary N) is 2. The number of halogens is 4. The molecular weight excluding hydrogens is 426 g/mol. The summed E-state index contributed by atoms with van der Waals surface area (Å²) in [5, 5.41) is 5.16. The van der Waals surface area contributed by atoms with Gasteiger partial charge in [0.2, 0.25) is 0 Å². The zero-order valence-electron chi connectivity index (χ0n) is 16.7. The lowest BCUT2D eigenvalue weighted by Gasteiger charge is -2.24. The number of alkyl halides is 3. The van der Waals surface area contributed by atoms with Gasteiger partial charge in [-0.3, -0.25) is 9.69 Å².